The highest BCUT2D eigenvalue weighted by atomic mass is 19.4. The number of halogens is 5. The van der Waals surface area contributed by atoms with Crippen LogP contribution in [0.4, 0.5) is 22.0 Å². The lowest BCUT2D eigenvalue weighted by Gasteiger charge is -2.21. The van der Waals surface area contributed by atoms with E-state index in [9.17, 15) is 31.5 Å². The van der Waals surface area contributed by atoms with Gasteiger partial charge in [0.25, 0.3) is 0 Å². The quantitative estimate of drug-likeness (QED) is 0.837. The first kappa shape index (κ1) is 15.9. The van der Waals surface area contributed by atoms with Gasteiger partial charge in [0.1, 0.15) is 0 Å². The molecule has 0 saturated heterocycles. The number of carboxylic acids is 1. The fourth-order valence-corrected chi connectivity index (χ4v) is 1.28. The predicted molar refractivity (Wildman–Crippen MR) is 56.0 cm³/mol. The summed E-state index contributed by atoms with van der Waals surface area (Å²) in [5, 5.41) is 9.97. The molecule has 1 amide bonds. The Labute approximate surface area is 109 Å². The van der Waals surface area contributed by atoms with Crippen LogP contribution in [0.1, 0.15) is 11.6 Å². The summed E-state index contributed by atoms with van der Waals surface area (Å²) in [6.45, 7) is 0. The zero-order valence-electron chi connectivity index (χ0n) is 9.62. The van der Waals surface area contributed by atoms with Crippen molar-refractivity contribution in [2.24, 2.45) is 0 Å². The lowest BCUT2D eigenvalue weighted by Crippen LogP contribution is -2.52. The van der Waals surface area contributed by atoms with Gasteiger partial charge in [0.2, 0.25) is 0 Å². The van der Waals surface area contributed by atoms with Crippen LogP contribution in [0.5, 0.6) is 0 Å². The largest absolute Gasteiger partial charge is 0.479 e. The number of hydrogen-bond donors (Lipinski definition) is 2. The number of carbonyl (C=O) groups is 2. The molecule has 0 aliphatic heterocycles. The van der Waals surface area contributed by atoms with Crippen molar-refractivity contribution in [1.82, 2.24) is 5.32 Å². The topological polar surface area (TPSA) is 66.4 Å². The SMILES string of the molecule is O=C(O)C(NC(=O)C(F)(F)C(F)(F)F)c1ccccc1. The number of aliphatic carboxylic acids is 1. The molecule has 0 spiro atoms. The minimum Gasteiger partial charge on any atom is -0.479 e. The Morgan fingerprint density at radius 2 is 1.55 bits per heavy atom. The highest BCUT2D eigenvalue weighted by Crippen LogP contribution is 2.36. The van der Waals surface area contributed by atoms with Crippen LogP contribution in [0.15, 0.2) is 30.3 Å². The van der Waals surface area contributed by atoms with Crippen LogP contribution in [0, 0.1) is 0 Å². The maximum absolute atomic E-state index is 12.7. The summed E-state index contributed by atoms with van der Waals surface area (Å²) >= 11 is 0. The summed E-state index contributed by atoms with van der Waals surface area (Å²) in [6, 6.07) is 4.51. The highest BCUT2D eigenvalue weighted by molar-refractivity contribution is 5.89. The van der Waals surface area contributed by atoms with E-state index in [0.29, 0.717) is 0 Å². The number of rotatable bonds is 4. The molecule has 0 aliphatic rings. The number of amides is 1. The average molecular weight is 297 g/mol. The molecule has 1 rings (SSSR count). The molecule has 1 unspecified atom stereocenters. The van der Waals surface area contributed by atoms with Crippen molar-refractivity contribution in [3.05, 3.63) is 35.9 Å². The number of nitrogens with one attached hydrogen (secondary N) is 1. The van der Waals surface area contributed by atoms with Crippen molar-refractivity contribution in [2.45, 2.75) is 18.1 Å². The maximum Gasteiger partial charge on any atom is 0.463 e. The lowest BCUT2D eigenvalue weighted by atomic mass is 10.1. The van der Waals surface area contributed by atoms with Crippen LogP contribution >= 0.6 is 0 Å². The standard InChI is InChI=1S/C11H8F5NO3/c12-10(13,11(14,15)16)9(20)17-7(8(18)19)6-4-2-1-3-5-6/h1-5,7H,(H,17,20)(H,18,19). The number of hydrogen-bond acceptors (Lipinski definition) is 2. The normalized spacial score (nSPS) is 13.7. The monoisotopic (exact) mass is 297 g/mol. The molecule has 1 atom stereocenters. The number of benzene rings is 1. The Morgan fingerprint density at radius 3 is 1.95 bits per heavy atom. The molecule has 0 bridgehead atoms. The summed E-state index contributed by atoms with van der Waals surface area (Å²) in [4.78, 5) is 21.8. The molecule has 0 aromatic heterocycles. The summed E-state index contributed by atoms with van der Waals surface area (Å²) in [6.07, 6.45) is -6.10. The van der Waals surface area contributed by atoms with Crippen LogP contribution in [-0.2, 0) is 9.59 Å². The van der Waals surface area contributed by atoms with Gasteiger partial charge in [0.05, 0.1) is 0 Å². The van der Waals surface area contributed by atoms with E-state index in [-0.39, 0.29) is 5.56 Å². The van der Waals surface area contributed by atoms with Crippen LogP contribution in [-0.4, -0.2) is 29.1 Å². The zero-order chi connectivity index (χ0) is 15.6. The Morgan fingerprint density at radius 1 is 1.05 bits per heavy atom. The number of carboxylic acid groups (broad SMARTS) is 1. The van der Waals surface area contributed by atoms with Crippen LogP contribution in [0.25, 0.3) is 0 Å². The van der Waals surface area contributed by atoms with E-state index < -0.39 is 30.0 Å². The van der Waals surface area contributed by atoms with E-state index >= 15 is 0 Å². The van der Waals surface area contributed by atoms with Gasteiger partial charge in [-0.2, -0.15) is 22.0 Å². The van der Waals surface area contributed by atoms with E-state index in [1.165, 1.54) is 35.6 Å². The highest BCUT2D eigenvalue weighted by Gasteiger charge is 2.63. The van der Waals surface area contributed by atoms with Gasteiger partial charge in [-0.15, -0.1) is 0 Å². The molecule has 9 heteroatoms. The third-order valence-corrected chi connectivity index (χ3v) is 2.30. The molecule has 0 fully saturated rings. The smallest absolute Gasteiger partial charge is 0.463 e. The molecular formula is C11H8F5NO3. The summed E-state index contributed by atoms with van der Waals surface area (Å²) < 4.78 is 61.4. The minimum atomic E-state index is -6.10. The number of alkyl halides is 5. The second-order valence-electron chi connectivity index (χ2n) is 3.73. The number of carbonyl (C=O) groups excluding carboxylic acids is 1. The van der Waals surface area contributed by atoms with Crippen LogP contribution < -0.4 is 5.32 Å². The van der Waals surface area contributed by atoms with E-state index in [2.05, 4.69) is 0 Å². The summed E-state index contributed by atoms with van der Waals surface area (Å²) in [7, 11) is 0. The summed E-state index contributed by atoms with van der Waals surface area (Å²) in [5.74, 6) is -10.2. The van der Waals surface area contributed by atoms with E-state index in [4.69, 9.17) is 5.11 Å². The van der Waals surface area contributed by atoms with E-state index in [1.54, 1.807) is 0 Å². The molecule has 2 N–H and O–H groups in total. The lowest BCUT2D eigenvalue weighted by molar-refractivity contribution is -0.270. The first-order valence-corrected chi connectivity index (χ1v) is 5.10. The third kappa shape index (κ3) is 3.22. The second kappa shape index (κ2) is 5.43. The van der Waals surface area contributed by atoms with Crippen molar-refractivity contribution in [1.29, 1.82) is 0 Å². The first-order chi connectivity index (χ1) is 9.07. The van der Waals surface area contributed by atoms with Crippen molar-refractivity contribution in [2.75, 3.05) is 0 Å². The Bertz CT molecular complexity index is 501. The molecule has 4 nitrogen and oxygen atoms in total. The van der Waals surface area contributed by atoms with Crippen LogP contribution in [0.2, 0.25) is 0 Å². The van der Waals surface area contributed by atoms with Crippen molar-refractivity contribution in [3.63, 3.8) is 0 Å². The van der Waals surface area contributed by atoms with Gasteiger partial charge in [-0.3, -0.25) is 4.79 Å². The van der Waals surface area contributed by atoms with Crippen molar-refractivity contribution < 1.29 is 36.6 Å². The molecule has 20 heavy (non-hydrogen) atoms. The van der Waals surface area contributed by atoms with Gasteiger partial charge in [-0.05, 0) is 5.56 Å². The van der Waals surface area contributed by atoms with Gasteiger partial charge in [0, 0.05) is 0 Å². The third-order valence-electron chi connectivity index (χ3n) is 2.30. The van der Waals surface area contributed by atoms with E-state index in [0.717, 1.165) is 0 Å². The van der Waals surface area contributed by atoms with Crippen molar-refractivity contribution >= 4 is 11.9 Å². The predicted octanol–water partition coefficient (Wildman–Crippen LogP) is 2.13. The molecule has 0 radical (unpaired) electrons. The molecule has 1 aromatic carbocycles. The molecule has 110 valence electrons. The molecule has 0 aliphatic carbocycles. The fraction of sp³-hybridized carbons (Fsp3) is 0.273. The average Bonchev–Trinajstić information content (AvgIpc) is 2.34. The van der Waals surface area contributed by atoms with Gasteiger partial charge < -0.3 is 10.4 Å². The Balaban J connectivity index is 2.99. The molecular weight excluding hydrogens is 289 g/mol. The fourth-order valence-electron chi connectivity index (χ4n) is 1.28. The van der Waals surface area contributed by atoms with Crippen LogP contribution in [0.3, 0.4) is 0 Å². The van der Waals surface area contributed by atoms with Crippen molar-refractivity contribution in [3.8, 4) is 0 Å². The second-order valence-corrected chi connectivity index (χ2v) is 3.73. The Hall–Kier alpha value is -2.19. The van der Waals surface area contributed by atoms with E-state index in [1.807, 2.05) is 0 Å². The first-order valence-electron chi connectivity index (χ1n) is 5.10. The zero-order valence-corrected chi connectivity index (χ0v) is 9.62. The molecule has 1 aromatic rings. The van der Waals surface area contributed by atoms with Gasteiger partial charge in [-0.25, -0.2) is 4.79 Å². The van der Waals surface area contributed by atoms with Gasteiger partial charge in [-0.1, -0.05) is 30.3 Å². The minimum absolute atomic E-state index is 0.133. The molecule has 0 saturated carbocycles. The van der Waals surface area contributed by atoms with Gasteiger partial charge >= 0.3 is 24.0 Å². The maximum atomic E-state index is 12.7. The Kier molecular flexibility index (Phi) is 4.31. The summed E-state index contributed by atoms with van der Waals surface area (Å²) in [5.41, 5.74) is -0.133. The molecule has 0 heterocycles. The van der Waals surface area contributed by atoms with Gasteiger partial charge in [0.15, 0.2) is 6.04 Å².